The van der Waals surface area contributed by atoms with Crippen molar-refractivity contribution in [2.45, 2.75) is 26.7 Å². The van der Waals surface area contributed by atoms with Crippen LogP contribution in [0.3, 0.4) is 0 Å². The predicted molar refractivity (Wildman–Crippen MR) is 61.2 cm³/mol. The molecule has 2 rings (SSSR count). The highest BCUT2D eigenvalue weighted by Crippen LogP contribution is 2.21. The lowest BCUT2D eigenvalue weighted by Crippen LogP contribution is -2.37. The average molecular weight is 224 g/mol. The molecule has 3 nitrogen and oxygen atoms in total. The smallest absolute Gasteiger partial charge is 0.265 e. The Morgan fingerprint density at radius 2 is 2.20 bits per heavy atom. The maximum absolute atomic E-state index is 12.1. The van der Waals surface area contributed by atoms with Gasteiger partial charge < -0.3 is 4.90 Å². The van der Waals surface area contributed by atoms with Crippen LogP contribution in [0.4, 0.5) is 0 Å². The highest BCUT2D eigenvalue weighted by molar-refractivity contribution is 7.11. The fraction of sp³-hybridized carbons (Fsp3) is 0.636. The van der Waals surface area contributed by atoms with Crippen LogP contribution < -0.4 is 0 Å². The second-order valence-electron chi connectivity index (χ2n) is 4.24. The second kappa shape index (κ2) is 4.31. The summed E-state index contributed by atoms with van der Waals surface area (Å²) in [6.45, 7) is 5.95. The van der Waals surface area contributed by atoms with E-state index in [-0.39, 0.29) is 5.91 Å². The van der Waals surface area contributed by atoms with E-state index in [1.54, 1.807) is 5.51 Å². The summed E-state index contributed by atoms with van der Waals surface area (Å²) in [6.07, 6.45) is 2.26. The van der Waals surface area contributed by atoms with Crippen LogP contribution in [0.2, 0.25) is 0 Å². The maximum Gasteiger partial charge on any atom is 0.265 e. The molecule has 1 aliphatic rings. The van der Waals surface area contributed by atoms with Crippen molar-refractivity contribution in [1.82, 2.24) is 9.88 Å². The fourth-order valence-corrected chi connectivity index (χ4v) is 2.63. The quantitative estimate of drug-likeness (QED) is 0.733. The number of carbonyl (C=O) groups is 1. The number of likely N-dealkylation sites (tertiary alicyclic amines) is 1. The maximum atomic E-state index is 12.1. The number of carbonyl (C=O) groups excluding carboxylic acids is 1. The SMILES string of the molecule is Cc1ncsc1C(=O)N1CCC(C)CC1. The largest absolute Gasteiger partial charge is 0.338 e. The molecule has 0 radical (unpaired) electrons. The zero-order valence-electron chi connectivity index (χ0n) is 9.19. The lowest BCUT2D eigenvalue weighted by Gasteiger charge is -2.29. The third-order valence-corrected chi connectivity index (χ3v) is 3.93. The molecule has 0 N–H and O–H groups in total. The van der Waals surface area contributed by atoms with Gasteiger partial charge in [-0.05, 0) is 25.7 Å². The number of hydrogen-bond acceptors (Lipinski definition) is 3. The van der Waals surface area contributed by atoms with E-state index in [1.165, 1.54) is 11.3 Å². The first-order chi connectivity index (χ1) is 7.18. The minimum absolute atomic E-state index is 0.168. The van der Waals surface area contributed by atoms with Gasteiger partial charge in [-0.1, -0.05) is 6.92 Å². The predicted octanol–water partition coefficient (Wildman–Crippen LogP) is 2.32. The first-order valence-electron chi connectivity index (χ1n) is 5.38. The fourth-order valence-electron chi connectivity index (χ4n) is 1.86. The molecule has 0 atom stereocenters. The van der Waals surface area contributed by atoms with E-state index < -0.39 is 0 Å². The number of aryl methyl sites for hydroxylation is 1. The van der Waals surface area contributed by atoms with Crippen LogP contribution in [0, 0.1) is 12.8 Å². The molecule has 0 saturated carbocycles. The van der Waals surface area contributed by atoms with Crippen LogP contribution in [0.5, 0.6) is 0 Å². The van der Waals surface area contributed by atoms with Gasteiger partial charge in [0.15, 0.2) is 0 Å². The molecule has 1 aliphatic heterocycles. The molecule has 1 saturated heterocycles. The summed E-state index contributed by atoms with van der Waals surface area (Å²) in [4.78, 5) is 19.0. The molecule has 1 aromatic heterocycles. The van der Waals surface area contributed by atoms with Gasteiger partial charge in [0.2, 0.25) is 0 Å². The first kappa shape index (κ1) is 10.6. The molecule has 82 valence electrons. The van der Waals surface area contributed by atoms with Gasteiger partial charge >= 0.3 is 0 Å². The number of amides is 1. The Kier molecular flexibility index (Phi) is 3.05. The Bertz CT molecular complexity index is 353. The van der Waals surface area contributed by atoms with Crippen LogP contribution >= 0.6 is 11.3 Å². The Hall–Kier alpha value is -0.900. The molecular weight excluding hydrogens is 208 g/mol. The van der Waals surface area contributed by atoms with Crippen LogP contribution in [0.15, 0.2) is 5.51 Å². The van der Waals surface area contributed by atoms with Gasteiger partial charge in [-0.3, -0.25) is 4.79 Å². The van der Waals surface area contributed by atoms with E-state index in [2.05, 4.69) is 11.9 Å². The van der Waals surface area contributed by atoms with Crippen LogP contribution in [-0.4, -0.2) is 28.9 Å². The zero-order valence-corrected chi connectivity index (χ0v) is 10.0. The van der Waals surface area contributed by atoms with Gasteiger partial charge in [0.1, 0.15) is 4.88 Å². The molecule has 0 spiro atoms. The van der Waals surface area contributed by atoms with E-state index in [0.717, 1.165) is 42.4 Å². The highest BCUT2D eigenvalue weighted by atomic mass is 32.1. The number of piperidine rings is 1. The molecule has 1 aromatic rings. The second-order valence-corrected chi connectivity index (χ2v) is 5.10. The number of nitrogens with zero attached hydrogens (tertiary/aromatic N) is 2. The van der Waals surface area contributed by atoms with E-state index in [9.17, 15) is 4.79 Å². The molecule has 4 heteroatoms. The summed E-state index contributed by atoms with van der Waals surface area (Å²) < 4.78 is 0. The molecule has 0 bridgehead atoms. The Morgan fingerprint density at radius 1 is 1.53 bits per heavy atom. The van der Waals surface area contributed by atoms with Crippen molar-refractivity contribution in [3.05, 3.63) is 16.1 Å². The minimum atomic E-state index is 0.168. The molecular formula is C11H16N2OS. The highest BCUT2D eigenvalue weighted by Gasteiger charge is 2.23. The van der Waals surface area contributed by atoms with Crippen LogP contribution in [-0.2, 0) is 0 Å². The monoisotopic (exact) mass is 224 g/mol. The van der Waals surface area contributed by atoms with Crippen LogP contribution in [0.1, 0.15) is 35.1 Å². The van der Waals surface area contributed by atoms with E-state index in [4.69, 9.17) is 0 Å². The third-order valence-electron chi connectivity index (χ3n) is 3.01. The number of aromatic nitrogens is 1. The van der Waals surface area contributed by atoms with Crippen molar-refractivity contribution >= 4 is 17.2 Å². The molecule has 0 aliphatic carbocycles. The van der Waals surface area contributed by atoms with Crippen molar-refractivity contribution in [2.75, 3.05) is 13.1 Å². The Balaban J connectivity index is 2.06. The molecule has 0 unspecified atom stereocenters. The van der Waals surface area contributed by atoms with Gasteiger partial charge in [-0.25, -0.2) is 4.98 Å². The molecule has 1 amide bonds. The number of hydrogen-bond donors (Lipinski definition) is 0. The van der Waals surface area contributed by atoms with Crippen molar-refractivity contribution in [3.8, 4) is 0 Å². The van der Waals surface area contributed by atoms with E-state index >= 15 is 0 Å². The number of rotatable bonds is 1. The average Bonchev–Trinajstić information content (AvgIpc) is 2.65. The van der Waals surface area contributed by atoms with Crippen molar-refractivity contribution < 1.29 is 4.79 Å². The van der Waals surface area contributed by atoms with E-state index in [0.29, 0.717) is 0 Å². The normalized spacial score (nSPS) is 18.1. The Labute approximate surface area is 94.1 Å². The zero-order chi connectivity index (χ0) is 10.8. The standard InChI is InChI=1S/C11H16N2OS/c1-8-3-5-13(6-4-8)11(14)10-9(2)12-7-15-10/h7-8H,3-6H2,1-2H3. The third kappa shape index (κ3) is 2.20. The summed E-state index contributed by atoms with van der Waals surface area (Å²) in [6, 6.07) is 0. The summed E-state index contributed by atoms with van der Waals surface area (Å²) in [7, 11) is 0. The topological polar surface area (TPSA) is 33.2 Å². The molecule has 0 aromatic carbocycles. The summed E-state index contributed by atoms with van der Waals surface area (Å²) in [5, 5.41) is 0. The van der Waals surface area contributed by atoms with Gasteiger partial charge in [0, 0.05) is 13.1 Å². The van der Waals surface area contributed by atoms with E-state index in [1.807, 2.05) is 11.8 Å². The summed E-state index contributed by atoms with van der Waals surface area (Å²) in [5.74, 6) is 0.929. The number of thiazole rings is 1. The molecule has 1 fully saturated rings. The van der Waals surface area contributed by atoms with Crippen molar-refractivity contribution in [2.24, 2.45) is 5.92 Å². The van der Waals surface area contributed by atoms with Crippen molar-refractivity contribution in [1.29, 1.82) is 0 Å². The summed E-state index contributed by atoms with van der Waals surface area (Å²) >= 11 is 1.45. The van der Waals surface area contributed by atoms with Gasteiger partial charge in [-0.15, -0.1) is 11.3 Å². The first-order valence-corrected chi connectivity index (χ1v) is 6.26. The summed E-state index contributed by atoms with van der Waals surface area (Å²) in [5.41, 5.74) is 2.61. The minimum Gasteiger partial charge on any atom is -0.338 e. The molecule has 15 heavy (non-hydrogen) atoms. The van der Waals surface area contributed by atoms with Gasteiger partial charge in [-0.2, -0.15) is 0 Å². The van der Waals surface area contributed by atoms with Gasteiger partial charge in [0.25, 0.3) is 5.91 Å². The van der Waals surface area contributed by atoms with Crippen LogP contribution in [0.25, 0.3) is 0 Å². The lowest BCUT2D eigenvalue weighted by molar-refractivity contribution is 0.0701. The Morgan fingerprint density at radius 3 is 2.73 bits per heavy atom. The molecule has 2 heterocycles. The van der Waals surface area contributed by atoms with Gasteiger partial charge in [0.05, 0.1) is 11.2 Å². The lowest BCUT2D eigenvalue weighted by atomic mass is 9.99. The van der Waals surface area contributed by atoms with Crippen molar-refractivity contribution in [3.63, 3.8) is 0 Å².